The van der Waals surface area contributed by atoms with Crippen LogP contribution in [0.4, 0.5) is 21.9 Å². The molecular weight excluding hydrogens is 522 g/mol. The number of aromatic nitrogens is 1. The Kier molecular flexibility index (Phi) is 9.74. The molecule has 210 valence electrons. The zero-order valence-corrected chi connectivity index (χ0v) is 24.5. The number of amides is 3. The topological polar surface area (TPSA) is 95.6 Å². The summed E-state index contributed by atoms with van der Waals surface area (Å²) in [6.45, 7) is 11.1. The lowest BCUT2D eigenvalue weighted by atomic mass is 10.0. The van der Waals surface area contributed by atoms with Crippen molar-refractivity contribution in [3.63, 3.8) is 0 Å². The van der Waals surface area contributed by atoms with Crippen molar-refractivity contribution >= 4 is 51.1 Å². The van der Waals surface area contributed by atoms with Gasteiger partial charge in [0.25, 0.3) is 0 Å². The van der Waals surface area contributed by atoms with E-state index in [4.69, 9.17) is 4.74 Å². The van der Waals surface area contributed by atoms with Crippen LogP contribution in [0.1, 0.15) is 44.1 Å². The molecule has 40 heavy (non-hydrogen) atoms. The molecule has 1 fully saturated rings. The first-order valence-electron chi connectivity index (χ1n) is 13.7. The predicted molar refractivity (Wildman–Crippen MR) is 164 cm³/mol. The average Bonchev–Trinajstić information content (AvgIpc) is 3.29. The molecule has 1 saturated heterocycles. The number of aryl methyl sites for hydroxylation is 2. The number of nitrogens with zero attached hydrogens (tertiary/aromatic N) is 2. The first-order chi connectivity index (χ1) is 19.4. The molecule has 2 unspecified atom stereocenters. The monoisotopic (exact) mass is 559 g/mol. The number of rotatable bonds is 5. The Hall–Kier alpha value is -3.95. The van der Waals surface area contributed by atoms with Crippen LogP contribution in [-0.2, 0) is 4.79 Å². The number of carbonyl (C=O) groups is 2. The maximum atomic E-state index is 12.9. The third-order valence-electron chi connectivity index (χ3n) is 6.77. The van der Waals surface area contributed by atoms with Crippen molar-refractivity contribution in [2.24, 2.45) is 0 Å². The maximum Gasteiger partial charge on any atom is 0.331 e. The molecule has 0 bridgehead atoms. The van der Waals surface area contributed by atoms with E-state index in [0.29, 0.717) is 12.1 Å². The highest BCUT2D eigenvalue weighted by molar-refractivity contribution is 7.19. The number of piperidine rings is 1. The number of urea groups is 1. The molecule has 9 heteroatoms. The van der Waals surface area contributed by atoms with Gasteiger partial charge in [-0.15, -0.1) is 11.3 Å². The first-order valence-corrected chi connectivity index (χ1v) is 14.5. The molecule has 8 nitrogen and oxygen atoms in total. The van der Waals surface area contributed by atoms with Crippen molar-refractivity contribution in [2.75, 3.05) is 16.8 Å². The van der Waals surface area contributed by atoms with Crippen LogP contribution in [0.3, 0.4) is 0 Å². The van der Waals surface area contributed by atoms with E-state index in [-0.39, 0.29) is 6.03 Å². The number of carbonyl (C=O) groups excluding carboxylic acids is 2. The fourth-order valence-electron chi connectivity index (χ4n) is 4.77. The molecule has 0 aliphatic carbocycles. The Morgan fingerprint density at radius 2 is 1.82 bits per heavy atom. The summed E-state index contributed by atoms with van der Waals surface area (Å²) in [6.07, 6.45) is 4.80. The maximum absolute atomic E-state index is 12.9. The molecule has 0 spiro atoms. The second kappa shape index (κ2) is 13.4. The van der Waals surface area contributed by atoms with Gasteiger partial charge >= 0.3 is 6.03 Å². The summed E-state index contributed by atoms with van der Waals surface area (Å²) in [5.74, 6) is 1.51. The van der Waals surface area contributed by atoms with Gasteiger partial charge < -0.3 is 20.7 Å². The standard InChI is InChI=1S/C22H17N3O2S.C7H14N2O.C2H6/c1-13-12-16(27-15-6-4-3-5-7-15)8-9-17(13)25-18-10-11-23-21-19(18)20(14(2)28-21)24-22(25)26;1-6-2-3-7(4-8-6)9-5-10;1-2/h3-12H,1-2H3,(H,24,26);5-8H,2-4H2,1H3,(H,9,10);1-2H3. The number of ether oxygens (including phenoxy) is 1. The van der Waals surface area contributed by atoms with Gasteiger partial charge in [0.15, 0.2) is 0 Å². The molecule has 2 aromatic carbocycles. The molecule has 2 atom stereocenters. The van der Waals surface area contributed by atoms with Crippen LogP contribution in [0.2, 0.25) is 0 Å². The summed E-state index contributed by atoms with van der Waals surface area (Å²) in [5.41, 5.74) is 3.49. The van der Waals surface area contributed by atoms with E-state index in [1.807, 2.05) is 82.3 Å². The number of benzene rings is 2. The molecule has 2 aromatic heterocycles. The summed E-state index contributed by atoms with van der Waals surface area (Å²) in [4.78, 5) is 31.1. The lowest BCUT2D eigenvalue weighted by molar-refractivity contribution is -0.110. The van der Waals surface area contributed by atoms with Gasteiger partial charge in [0.1, 0.15) is 16.3 Å². The molecule has 0 saturated carbocycles. The molecule has 3 N–H and O–H groups in total. The number of hydrogen-bond acceptors (Lipinski definition) is 6. The number of para-hydroxylation sites is 1. The van der Waals surface area contributed by atoms with Gasteiger partial charge in [-0.25, -0.2) is 9.78 Å². The second-order valence-corrected chi connectivity index (χ2v) is 10.7. The predicted octanol–water partition coefficient (Wildman–Crippen LogP) is 7.29. The van der Waals surface area contributed by atoms with Crippen LogP contribution in [0, 0.1) is 13.8 Å². The van der Waals surface area contributed by atoms with Crippen LogP contribution >= 0.6 is 11.3 Å². The van der Waals surface area contributed by atoms with Gasteiger partial charge in [-0.2, -0.15) is 0 Å². The minimum atomic E-state index is -0.165. The summed E-state index contributed by atoms with van der Waals surface area (Å²) in [5, 5.41) is 10.1. The van der Waals surface area contributed by atoms with E-state index in [1.165, 1.54) is 0 Å². The Balaban J connectivity index is 0.000000260. The molecule has 2 aliphatic rings. The third-order valence-corrected chi connectivity index (χ3v) is 7.79. The van der Waals surface area contributed by atoms with Crippen molar-refractivity contribution in [1.29, 1.82) is 0 Å². The smallest absolute Gasteiger partial charge is 0.331 e. The van der Waals surface area contributed by atoms with E-state index >= 15 is 0 Å². The third kappa shape index (κ3) is 6.43. The van der Waals surface area contributed by atoms with Crippen molar-refractivity contribution in [1.82, 2.24) is 15.6 Å². The lowest BCUT2D eigenvalue weighted by Gasteiger charge is -2.29. The first kappa shape index (κ1) is 29.0. The van der Waals surface area contributed by atoms with Crippen molar-refractivity contribution in [3.8, 4) is 11.5 Å². The average molecular weight is 560 g/mol. The van der Waals surface area contributed by atoms with E-state index < -0.39 is 0 Å². The van der Waals surface area contributed by atoms with E-state index in [9.17, 15) is 9.59 Å². The summed E-state index contributed by atoms with van der Waals surface area (Å²) >= 11 is 1.59. The van der Waals surface area contributed by atoms with Crippen LogP contribution < -0.4 is 25.6 Å². The number of anilines is 3. The molecular formula is C31H37N5O3S. The highest BCUT2D eigenvalue weighted by Crippen LogP contribution is 2.46. The summed E-state index contributed by atoms with van der Waals surface area (Å²) in [7, 11) is 0. The largest absolute Gasteiger partial charge is 0.457 e. The van der Waals surface area contributed by atoms with Crippen molar-refractivity contribution < 1.29 is 14.3 Å². The minimum Gasteiger partial charge on any atom is -0.457 e. The van der Waals surface area contributed by atoms with Gasteiger partial charge in [-0.05, 0) is 75.6 Å². The fraction of sp³-hybridized carbons (Fsp3) is 0.323. The zero-order chi connectivity index (χ0) is 28.6. The Morgan fingerprint density at radius 1 is 1.05 bits per heavy atom. The van der Waals surface area contributed by atoms with E-state index in [1.54, 1.807) is 22.4 Å². The van der Waals surface area contributed by atoms with Gasteiger partial charge in [0, 0.05) is 29.7 Å². The van der Waals surface area contributed by atoms with Gasteiger partial charge in [-0.3, -0.25) is 9.69 Å². The van der Waals surface area contributed by atoms with E-state index in [2.05, 4.69) is 27.9 Å². The Bertz CT molecular complexity index is 1450. The molecule has 2 aliphatic heterocycles. The van der Waals surface area contributed by atoms with Gasteiger partial charge in [0.2, 0.25) is 6.41 Å². The number of pyridine rings is 1. The molecule has 0 radical (unpaired) electrons. The molecule has 3 amide bonds. The number of nitrogens with one attached hydrogen (secondary N) is 3. The SMILES string of the molecule is CC.CC1CCC(NC=O)CN1.Cc1cc(Oc2ccccc2)ccc1N1C(=O)Nc2c(C)sc3nccc1c23. The lowest BCUT2D eigenvalue weighted by Crippen LogP contribution is -2.46. The quantitative estimate of drug-likeness (QED) is 0.223. The number of thiophene rings is 1. The van der Waals surface area contributed by atoms with Crippen molar-refractivity contribution in [3.05, 3.63) is 71.2 Å². The zero-order valence-electron chi connectivity index (χ0n) is 23.7. The minimum absolute atomic E-state index is 0.165. The van der Waals surface area contributed by atoms with Crippen LogP contribution in [0.25, 0.3) is 10.2 Å². The highest BCUT2D eigenvalue weighted by Gasteiger charge is 2.30. The van der Waals surface area contributed by atoms with Gasteiger partial charge in [-0.1, -0.05) is 32.0 Å². The van der Waals surface area contributed by atoms with Crippen LogP contribution in [0.15, 0.2) is 60.8 Å². The van der Waals surface area contributed by atoms with E-state index in [0.717, 1.165) is 75.0 Å². The van der Waals surface area contributed by atoms with Crippen LogP contribution in [-0.4, -0.2) is 36.1 Å². The van der Waals surface area contributed by atoms with Crippen molar-refractivity contribution in [2.45, 2.75) is 59.5 Å². The number of hydrogen-bond donors (Lipinski definition) is 3. The molecule has 6 rings (SSSR count). The second-order valence-electron chi connectivity index (χ2n) is 9.54. The fourth-order valence-corrected chi connectivity index (χ4v) is 5.74. The Labute approximate surface area is 239 Å². The normalized spacial score (nSPS) is 17.5. The molecule has 4 aromatic rings. The summed E-state index contributed by atoms with van der Waals surface area (Å²) < 4.78 is 5.92. The Morgan fingerprint density at radius 3 is 2.50 bits per heavy atom. The molecule has 4 heterocycles. The van der Waals surface area contributed by atoms with Gasteiger partial charge in [0.05, 0.1) is 22.4 Å². The van der Waals surface area contributed by atoms with Crippen LogP contribution in [0.5, 0.6) is 11.5 Å². The summed E-state index contributed by atoms with van der Waals surface area (Å²) in [6, 6.07) is 18.1. The highest BCUT2D eigenvalue weighted by atomic mass is 32.1.